The van der Waals surface area contributed by atoms with Crippen molar-refractivity contribution in [3.63, 3.8) is 0 Å². The van der Waals surface area contributed by atoms with Crippen LogP contribution in [0.25, 0.3) is 0 Å². The highest BCUT2D eigenvalue weighted by Gasteiger charge is 2.42. The van der Waals surface area contributed by atoms with Gasteiger partial charge in [0.1, 0.15) is 0 Å². The number of aliphatic hydroxyl groups is 1. The Labute approximate surface area is 112 Å². The number of benzene rings is 1. The summed E-state index contributed by atoms with van der Waals surface area (Å²) in [6.07, 6.45) is 1.64. The van der Waals surface area contributed by atoms with Crippen LogP contribution in [0.5, 0.6) is 0 Å². The smallest absolute Gasteiger partial charge is 0.322 e. The topological polar surface area (TPSA) is 52.6 Å². The highest BCUT2D eigenvalue weighted by Crippen LogP contribution is 2.27. The van der Waals surface area contributed by atoms with E-state index in [2.05, 4.69) is 5.32 Å². The molecule has 2 rings (SSSR count). The van der Waals surface area contributed by atoms with Crippen LogP contribution in [0, 0.1) is 0 Å². The molecule has 1 saturated heterocycles. The Morgan fingerprint density at radius 3 is 2.78 bits per heavy atom. The Morgan fingerprint density at radius 1 is 1.50 bits per heavy atom. The average Bonchev–Trinajstić information content (AvgIpc) is 2.29. The number of carbonyl (C=O) groups is 1. The Kier molecular flexibility index (Phi) is 3.78. The Morgan fingerprint density at radius 2 is 2.17 bits per heavy atom. The van der Waals surface area contributed by atoms with Crippen LogP contribution in [-0.2, 0) is 0 Å². The fourth-order valence-corrected chi connectivity index (χ4v) is 2.37. The summed E-state index contributed by atoms with van der Waals surface area (Å²) >= 11 is 5.96. The van der Waals surface area contributed by atoms with Crippen LogP contribution in [0.1, 0.15) is 19.8 Å². The lowest BCUT2D eigenvalue weighted by Gasteiger charge is -2.46. The van der Waals surface area contributed by atoms with Crippen LogP contribution in [-0.4, -0.2) is 34.7 Å². The summed E-state index contributed by atoms with van der Waals surface area (Å²) in [7, 11) is 0. The van der Waals surface area contributed by atoms with Crippen molar-refractivity contribution in [2.24, 2.45) is 0 Å². The first-order valence-electron chi connectivity index (χ1n) is 6.07. The van der Waals surface area contributed by atoms with E-state index in [4.69, 9.17) is 11.6 Å². The Bertz CT molecular complexity index is 444. The fourth-order valence-electron chi connectivity index (χ4n) is 2.19. The van der Waals surface area contributed by atoms with Crippen LogP contribution in [0.4, 0.5) is 10.5 Å². The van der Waals surface area contributed by atoms with Crippen molar-refractivity contribution in [2.45, 2.75) is 25.4 Å². The molecule has 0 bridgehead atoms. The molecule has 98 valence electrons. The molecule has 0 atom stereocenters. The minimum Gasteiger partial charge on any atom is -0.386 e. The number of rotatable bonds is 3. The minimum atomic E-state index is -0.702. The van der Waals surface area contributed by atoms with Gasteiger partial charge in [-0.1, -0.05) is 37.1 Å². The quantitative estimate of drug-likeness (QED) is 0.886. The maximum atomic E-state index is 11.9. The van der Waals surface area contributed by atoms with Gasteiger partial charge in [-0.3, -0.25) is 0 Å². The summed E-state index contributed by atoms with van der Waals surface area (Å²) in [6, 6.07) is 6.87. The van der Waals surface area contributed by atoms with E-state index in [1.807, 2.05) is 19.1 Å². The first-order chi connectivity index (χ1) is 8.54. The molecule has 1 aliphatic rings. The maximum absolute atomic E-state index is 11.9. The van der Waals surface area contributed by atoms with Crippen molar-refractivity contribution < 1.29 is 9.90 Å². The van der Waals surface area contributed by atoms with E-state index in [1.54, 1.807) is 17.0 Å². The van der Waals surface area contributed by atoms with Crippen molar-refractivity contribution in [1.29, 1.82) is 0 Å². The van der Waals surface area contributed by atoms with Gasteiger partial charge in [-0.05, 0) is 18.6 Å². The average molecular weight is 269 g/mol. The molecule has 1 aromatic rings. The van der Waals surface area contributed by atoms with E-state index in [9.17, 15) is 9.90 Å². The van der Waals surface area contributed by atoms with E-state index >= 15 is 0 Å². The lowest BCUT2D eigenvalue weighted by Crippen LogP contribution is -2.64. The van der Waals surface area contributed by atoms with Gasteiger partial charge in [-0.2, -0.15) is 0 Å². The van der Waals surface area contributed by atoms with Gasteiger partial charge >= 0.3 is 6.03 Å². The largest absolute Gasteiger partial charge is 0.386 e. The first-order valence-corrected chi connectivity index (χ1v) is 6.45. The first kappa shape index (κ1) is 13.2. The number of hydrogen-bond acceptors (Lipinski definition) is 2. The Balaban J connectivity index is 1.90. The van der Waals surface area contributed by atoms with Crippen LogP contribution in [0.3, 0.4) is 0 Å². The number of halogens is 1. The molecule has 4 nitrogen and oxygen atoms in total. The van der Waals surface area contributed by atoms with Gasteiger partial charge in [0.2, 0.25) is 0 Å². The zero-order chi connectivity index (χ0) is 13.2. The molecular weight excluding hydrogens is 252 g/mol. The number of urea groups is 1. The van der Waals surface area contributed by atoms with Gasteiger partial charge in [0, 0.05) is 0 Å². The van der Waals surface area contributed by atoms with Gasteiger partial charge in [0.05, 0.1) is 29.4 Å². The predicted octanol–water partition coefficient (Wildman–Crippen LogP) is 2.72. The van der Waals surface area contributed by atoms with E-state index in [0.717, 1.165) is 12.8 Å². The number of likely N-dealkylation sites (tertiary alicyclic amines) is 1. The van der Waals surface area contributed by atoms with Crippen molar-refractivity contribution in [3.05, 3.63) is 29.3 Å². The summed E-state index contributed by atoms with van der Waals surface area (Å²) < 4.78 is 0. The van der Waals surface area contributed by atoms with Gasteiger partial charge in [-0.15, -0.1) is 0 Å². The molecule has 1 aliphatic heterocycles. The third-order valence-electron chi connectivity index (χ3n) is 3.09. The highest BCUT2D eigenvalue weighted by atomic mass is 35.5. The maximum Gasteiger partial charge on any atom is 0.322 e. The third-order valence-corrected chi connectivity index (χ3v) is 3.42. The van der Waals surface area contributed by atoms with E-state index < -0.39 is 5.60 Å². The summed E-state index contributed by atoms with van der Waals surface area (Å²) in [5.41, 5.74) is -0.109. The van der Waals surface area contributed by atoms with Crippen molar-refractivity contribution in [3.8, 4) is 0 Å². The highest BCUT2D eigenvalue weighted by molar-refractivity contribution is 6.33. The molecule has 2 N–H and O–H groups in total. The fraction of sp³-hybridized carbons (Fsp3) is 0.462. The van der Waals surface area contributed by atoms with E-state index in [1.165, 1.54) is 0 Å². The number of nitrogens with one attached hydrogen (secondary N) is 1. The predicted molar refractivity (Wildman–Crippen MR) is 71.9 cm³/mol. The monoisotopic (exact) mass is 268 g/mol. The molecule has 0 aliphatic carbocycles. The lowest BCUT2D eigenvalue weighted by atomic mass is 9.90. The second-order valence-electron chi connectivity index (χ2n) is 4.74. The van der Waals surface area contributed by atoms with Crippen LogP contribution >= 0.6 is 11.6 Å². The Hall–Kier alpha value is -1.26. The molecule has 1 heterocycles. The van der Waals surface area contributed by atoms with E-state index in [-0.39, 0.29) is 6.03 Å². The molecular formula is C13H17ClN2O2. The molecule has 0 aromatic heterocycles. The zero-order valence-electron chi connectivity index (χ0n) is 10.3. The second kappa shape index (κ2) is 5.16. The van der Waals surface area contributed by atoms with Gasteiger partial charge in [-0.25, -0.2) is 4.79 Å². The number of para-hydroxylation sites is 1. The molecule has 0 radical (unpaired) electrons. The molecule has 0 spiro atoms. The minimum absolute atomic E-state index is 0.219. The number of hydrogen-bond donors (Lipinski definition) is 2. The number of anilines is 1. The van der Waals surface area contributed by atoms with E-state index in [0.29, 0.717) is 23.8 Å². The van der Waals surface area contributed by atoms with Crippen LogP contribution < -0.4 is 5.32 Å². The van der Waals surface area contributed by atoms with Gasteiger partial charge in [0.15, 0.2) is 0 Å². The standard InChI is InChI=1S/C13H17ClN2O2/c1-2-7-13(18)8-16(9-13)12(17)15-11-6-4-3-5-10(11)14/h3-6,18H,2,7-9H2,1H3,(H,15,17). The van der Waals surface area contributed by atoms with Crippen LogP contribution in [0.15, 0.2) is 24.3 Å². The summed E-state index contributed by atoms with van der Waals surface area (Å²) in [5, 5.41) is 13.2. The molecule has 2 amide bonds. The molecule has 1 aromatic carbocycles. The second-order valence-corrected chi connectivity index (χ2v) is 5.15. The van der Waals surface area contributed by atoms with Gasteiger partial charge in [0.25, 0.3) is 0 Å². The summed E-state index contributed by atoms with van der Waals surface area (Å²) in [4.78, 5) is 13.5. The molecule has 5 heteroatoms. The van der Waals surface area contributed by atoms with Gasteiger partial charge < -0.3 is 15.3 Å². The lowest BCUT2D eigenvalue weighted by molar-refractivity contribution is -0.0792. The van der Waals surface area contributed by atoms with Crippen molar-refractivity contribution >= 4 is 23.3 Å². The number of carbonyl (C=O) groups excluding carboxylic acids is 1. The summed E-state index contributed by atoms with van der Waals surface area (Å²) in [5.74, 6) is 0. The number of nitrogens with zero attached hydrogens (tertiary/aromatic N) is 1. The molecule has 0 unspecified atom stereocenters. The zero-order valence-corrected chi connectivity index (χ0v) is 11.1. The van der Waals surface area contributed by atoms with Crippen molar-refractivity contribution in [1.82, 2.24) is 4.90 Å². The molecule has 18 heavy (non-hydrogen) atoms. The normalized spacial score (nSPS) is 17.2. The third kappa shape index (κ3) is 2.76. The van der Waals surface area contributed by atoms with Crippen molar-refractivity contribution in [2.75, 3.05) is 18.4 Å². The SMILES string of the molecule is CCCC1(O)CN(C(=O)Nc2ccccc2Cl)C1. The molecule has 1 fully saturated rings. The number of β-amino-alcohol motifs (C(OH)–C–C–N with tert-alkyl or cyclic N) is 1. The van der Waals surface area contributed by atoms with Crippen LogP contribution in [0.2, 0.25) is 5.02 Å². The molecule has 0 saturated carbocycles. The number of amides is 2. The summed E-state index contributed by atoms with van der Waals surface area (Å²) in [6.45, 7) is 2.79.